The smallest absolute Gasteiger partial charge is 0.269 e. The van der Waals surface area contributed by atoms with Crippen LogP contribution in [0.5, 0.6) is 0 Å². The second-order valence-electron chi connectivity index (χ2n) is 6.45. The van der Waals surface area contributed by atoms with Crippen molar-refractivity contribution in [3.8, 4) is 0 Å². The molecule has 1 atom stereocenters. The predicted molar refractivity (Wildman–Crippen MR) is 106 cm³/mol. The van der Waals surface area contributed by atoms with Crippen molar-refractivity contribution in [3.63, 3.8) is 0 Å². The van der Waals surface area contributed by atoms with E-state index in [9.17, 15) is 18.0 Å². The molecule has 28 heavy (non-hydrogen) atoms. The number of nitrogens with zero attached hydrogens (tertiary/aromatic N) is 1. The number of halogens is 1. The van der Waals surface area contributed by atoms with Crippen molar-refractivity contribution in [2.24, 2.45) is 0 Å². The zero-order valence-electron chi connectivity index (χ0n) is 15.0. The van der Waals surface area contributed by atoms with Crippen molar-refractivity contribution in [1.29, 1.82) is 0 Å². The Morgan fingerprint density at radius 1 is 0.929 bits per heavy atom. The van der Waals surface area contributed by atoms with Crippen LogP contribution < -0.4 is 10.9 Å². The first-order valence-corrected chi connectivity index (χ1v) is 10.9. The molecule has 1 aliphatic rings. The van der Waals surface area contributed by atoms with Gasteiger partial charge in [0.2, 0.25) is 0 Å². The number of rotatable bonds is 4. The molecule has 2 N–H and O–H groups in total. The molecule has 0 aliphatic carbocycles. The van der Waals surface area contributed by atoms with Gasteiger partial charge >= 0.3 is 0 Å². The molecule has 0 aromatic heterocycles. The third-order valence-corrected chi connectivity index (χ3v) is 6.37. The van der Waals surface area contributed by atoms with Crippen LogP contribution in [0, 0.1) is 0 Å². The summed E-state index contributed by atoms with van der Waals surface area (Å²) in [4.78, 5) is 26.9. The van der Waals surface area contributed by atoms with Crippen LogP contribution in [0.1, 0.15) is 22.0 Å². The molecule has 0 spiro atoms. The fourth-order valence-electron chi connectivity index (χ4n) is 3.01. The third kappa shape index (κ3) is 5.09. The molecule has 148 valence electrons. The van der Waals surface area contributed by atoms with Crippen molar-refractivity contribution in [3.05, 3.63) is 70.7 Å². The zero-order chi connectivity index (χ0) is 20.1. The Labute approximate surface area is 168 Å². The molecule has 1 fully saturated rings. The molecule has 1 unspecified atom stereocenters. The van der Waals surface area contributed by atoms with Gasteiger partial charge < -0.3 is 0 Å². The van der Waals surface area contributed by atoms with Gasteiger partial charge in [0.05, 0.1) is 11.5 Å². The lowest BCUT2D eigenvalue weighted by atomic mass is 10.0. The highest BCUT2D eigenvalue weighted by atomic mass is 35.5. The van der Waals surface area contributed by atoms with Crippen LogP contribution in [-0.2, 0) is 14.6 Å². The van der Waals surface area contributed by atoms with E-state index in [0.717, 1.165) is 5.56 Å². The second kappa shape index (κ2) is 8.72. The molecule has 7 nitrogen and oxygen atoms in total. The molecule has 0 radical (unpaired) electrons. The Morgan fingerprint density at radius 3 is 2.14 bits per heavy atom. The van der Waals surface area contributed by atoms with E-state index in [1.54, 1.807) is 41.3 Å². The Morgan fingerprint density at radius 2 is 1.54 bits per heavy atom. The number of nitrogens with one attached hydrogen (secondary N) is 2. The van der Waals surface area contributed by atoms with E-state index >= 15 is 0 Å². The molecule has 9 heteroatoms. The van der Waals surface area contributed by atoms with Crippen LogP contribution in [0.15, 0.2) is 54.6 Å². The van der Waals surface area contributed by atoms with E-state index in [-0.39, 0.29) is 24.6 Å². The first-order chi connectivity index (χ1) is 13.4. The van der Waals surface area contributed by atoms with Gasteiger partial charge in [-0.15, -0.1) is 0 Å². The van der Waals surface area contributed by atoms with Gasteiger partial charge in [0, 0.05) is 23.7 Å². The van der Waals surface area contributed by atoms with E-state index in [0.29, 0.717) is 10.6 Å². The Hall–Kier alpha value is -2.42. The molecule has 1 saturated heterocycles. The predicted octanol–water partition coefficient (Wildman–Crippen LogP) is 1.57. The highest BCUT2D eigenvalue weighted by molar-refractivity contribution is 7.91. The fraction of sp³-hybridized carbons (Fsp3) is 0.263. The molecule has 2 aromatic carbocycles. The lowest BCUT2D eigenvalue weighted by Gasteiger charge is -2.33. The van der Waals surface area contributed by atoms with E-state index in [2.05, 4.69) is 10.9 Å². The van der Waals surface area contributed by atoms with Gasteiger partial charge in [-0.05, 0) is 29.8 Å². The maximum atomic E-state index is 12.9. The number of carbonyl (C=O) groups is 2. The summed E-state index contributed by atoms with van der Waals surface area (Å²) in [5.74, 6) is -0.910. The summed E-state index contributed by atoms with van der Waals surface area (Å²) in [6, 6.07) is 14.6. The monoisotopic (exact) mass is 421 g/mol. The summed E-state index contributed by atoms with van der Waals surface area (Å²) in [5.41, 5.74) is 5.92. The molecule has 2 aromatic rings. The number of amides is 2. The summed E-state index contributed by atoms with van der Waals surface area (Å²) in [6.07, 6.45) is 0. The standard InChI is InChI=1S/C19H20ClN3O4S/c20-16-8-6-15(7-9-16)18(24)21-22-19(25)17(14-4-2-1-3-5-14)23-10-12-28(26,27)13-11-23/h1-9,17H,10-13H2,(H,21,24)(H,22,25). The van der Waals surface area contributed by atoms with Crippen LogP contribution in [0.3, 0.4) is 0 Å². The van der Waals surface area contributed by atoms with E-state index in [1.165, 1.54) is 0 Å². The maximum Gasteiger partial charge on any atom is 0.269 e. The summed E-state index contributed by atoms with van der Waals surface area (Å²) >= 11 is 5.81. The minimum atomic E-state index is -3.08. The molecule has 2 amide bonds. The van der Waals surface area contributed by atoms with Gasteiger partial charge in [-0.25, -0.2) is 8.42 Å². The van der Waals surface area contributed by atoms with Crippen LogP contribution in [0.4, 0.5) is 0 Å². The number of hydrogen-bond donors (Lipinski definition) is 2. The Balaban J connectivity index is 1.72. The molecule has 0 saturated carbocycles. The van der Waals surface area contributed by atoms with Gasteiger partial charge in [-0.3, -0.25) is 25.3 Å². The van der Waals surface area contributed by atoms with Gasteiger partial charge in [0.15, 0.2) is 9.84 Å². The first kappa shape index (κ1) is 20.3. The van der Waals surface area contributed by atoms with Gasteiger partial charge in [-0.1, -0.05) is 41.9 Å². The molecular weight excluding hydrogens is 402 g/mol. The molecular formula is C19H20ClN3O4S. The second-order valence-corrected chi connectivity index (χ2v) is 9.19. The van der Waals surface area contributed by atoms with Crippen molar-refractivity contribution in [2.45, 2.75) is 6.04 Å². The van der Waals surface area contributed by atoms with Crippen LogP contribution in [0.25, 0.3) is 0 Å². The topological polar surface area (TPSA) is 95.6 Å². The van der Waals surface area contributed by atoms with Gasteiger partial charge in [0.1, 0.15) is 6.04 Å². The number of carbonyl (C=O) groups excluding carboxylic acids is 2. The van der Waals surface area contributed by atoms with Crippen LogP contribution in [0.2, 0.25) is 5.02 Å². The minimum Gasteiger partial charge on any atom is -0.286 e. The van der Waals surface area contributed by atoms with Crippen molar-refractivity contribution < 1.29 is 18.0 Å². The summed E-state index contributed by atoms with van der Waals surface area (Å²) in [7, 11) is -3.08. The highest BCUT2D eigenvalue weighted by Gasteiger charge is 2.32. The molecule has 1 heterocycles. The molecule has 1 aliphatic heterocycles. The van der Waals surface area contributed by atoms with Crippen molar-refractivity contribution >= 4 is 33.3 Å². The van der Waals surface area contributed by atoms with Crippen LogP contribution >= 0.6 is 11.6 Å². The summed E-state index contributed by atoms with van der Waals surface area (Å²) in [5, 5.41) is 0.504. The number of sulfone groups is 1. The maximum absolute atomic E-state index is 12.9. The van der Waals surface area contributed by atoms with Crippen LogP contribution in [-0.4, -0.2) is 49.7 Å². The Bertz CT molecular complexity index is 935. The third-order valence-electron chi connectivity index (χ3n) is 4.51. The SMILES string of the molecule is O=C(NNC(=O)C(c1ccccc1)N1CCS(=O)(=O)CC1)c1ccc(Cl)cc1. The van der Waals surface area contributed by atoms with Gasteiger partial charge in [-0.2, -0.15) is 0 Å². The average molecular weight is 422 g/mol. The number of hydrogen-bond acceptors (Lipinski definition) is 5. The molecule has 3 rings (SSSR count). The fourth-order valence-corrected chi connectivity index (χ4v) is 4.36. The summed E-state index contributed by atoms with van der Waals surface area (Å²) in [6.45, 7) is 0.501. The highest BCUT2D eigenvalue weighted by Crippen LogP contribution is 2.23. The van der Waals surface area contributed by atoms with E-state index in [1.807, 2.05) is 18.2 Å². The number of hydrazine groups is 1. The van der Waals surface area contributed by atoms with E-state index < -0.39 is 27.7 Å². The Kier molecular flexibility index (Phi) is 6.33. The lowest BCUT2D eigenvalue weighted by molar-refractivity contribution is -0.127. The number of benzene rings is 2. The molecule has 0 bridgehead atoms. The lowest BCUT2D eigenvalue weighted by Crippen LogP contribution is -2.51. The van der Waals surface area contributed by atoms with Crippen molar-refractivity contribution in [2.75, 3.05) is 24.6 Å². The first-order valence-electron chi connectivity index (χ1n) is 8.71. The normalized spacial score (nSPS) is 17.5. The van der Waals surface area contributed by atoms with Crippen molar-refractivity contribution in [1.82, 2.24) is 15.8 Å². The minimum absolute atomic E-state index is 0.000741. The average Bonchev–Trinajstić information content (AvgIpc) is 2.69. The summed E-state index contributed by atoms with van der Waals surface area (Å²) < 4.78 is 23.5. The zero-order valence-corrected chi connectivity index (χ0v) is 16.5. The largest absolute Gasteiger partial charge is 0.286 e. The quantitative estimate of drug-likeness (QED) is 0.730. The van der Waals surface area contributed by atoms with Gasteiger partial charge in [0.25, 0.3) is 11.8 Å². The van der Waals surface area contributed by atoms with E-state index in [4.69, 9.17) is 11.6 Å².